The van der Waals surface area contributed by atoms with Crippen LogP contribution in [0.4, 0.5) is 15.9 Å². The maximum atomic E-state index is 14.7. The normalized spacial score (nSPS) is 24.8. The number of aryl methyl sites for hydroxylation is 1. The van der Waals surface area contributed by atoms with Crippen molar-refractivity contribution in [1.82, 2.24) is 9.88 Å². The van der Waals surface area contributed by atoms with Gasteiger partial charge in [-0.1, -0.05) is 19.8 Å². The van der Waals surface area contributed by atoms with Crippen LogP contribution in [0.15, 0.2) is 29.3 Å². The van der Waals surface area contributed by atoms with Crippen LogP contribution in [0.5, 0.6) is 5.75 Å². The van der Waals surface area contributed by atoms with Crippen molar-refractivity contribution in [2.45, 2.75) is 81.9 Å². The standard InChI is InChI=1S/C28H38FN3O4S/c1-4-20-14-30-28(31-26-10-9-24(13-25(26)29)37(3,33)34)18(2)27(20)36-23-11-21-16-35-17-22(12-23)32(21)15-19-7-5-6-8-19/h9-10,13-14,19,21-23H,4-8,11-12,15-17H2,1-3H3,(H,30,31). The largest absolute Gasteiger partial charge is 0.490 e. The monoisotopic (exact) mass is 531 g/mol. The molecule has 0 spiro atoms. The van der Waals surface area contributed by atoms with Gasteiger partial charge < -0.3 is 14.8 Å². The molecule has 9 heteroatoms. The van der Waals surface area contributed by atoms with Crippen molar-refractivity contribution >= 4 is 21.3 Å². The second-order valence-corrected chi connectivity index (χ2v) is 12.9. The smallest absolute Gasteiger partial charge is 0.175 e. The number of fused-ring (bicyclic) bond motifs is 2. The number of anilines is 2. The molecule has 1 aromatic carbocycles. The lowest BCUT2D eigenvalue weighted by Crippen LogP contribution is -2.59. The molecule has 7 nitrogen and oxygen atoms in total. The van der Waals surface area contributed by atoms with Gasteiger partial charge in [0.25, 0.3) is 0 Å². The number of rotatable bonds is 8. The summed E-state index contributed by atoms with van der Waals surface area (Å²) < 4.78 is 50.9. The molecule has 1 aliphatic carbocycles. The van der Waals surface area contributed by atoms with E-state index < -0.39 is 15.7 Å². The molecular formula is C28H38FN3O4S. The Bertz CT molecular complexity index is 1220. The third kappa shape index (κ3) is 5.78. The van der Waals surface area contributed by atoms with E-state index in [0.717, 1.165) is 67.6 Å². The minimum Gasteiger partial charge on any atom is -0.490 e. The molecule has 2 atom stereocenters. The van der Waals surface area contributed by atoms with Crippen LogP contribution in [0, 0.1) is 18.7 Å². The Labute approximate surface area is 219 Å². The zero-order valence-corrected chi connectivity index (χ0v) is 22.8. The van der Waals surface area contributed by atoms with Gasteiger partial charge in [0.05, 0.1) is 23.8 Å². The number of halogens is 1. The first-order chi connectivity index (χ1) is 17.7. The molecule has 1 saturated carbocycles. The fraction of sp³-hybridized carbons (Fsp3) is 0.607. The van der Waals surface area contributed by atoms with E-state index in [1.165, 1.54) is 44.4 Å². The number of nitrogens with one attached hydrogen (secondary N) is 1. The quantitative estimate of drug-likeness (QED) is 0.511. The molecule has 2 saturated heterocycles. The number of nitrogens with zero attached hydrogens (tertiary/aromatic N) is 2. The molecule has 3 aliphatic rings. The van der Waals surface area contributed by atoms with Gasteiger partial charge in [-0.3, -0.25) is 4.90 Å². The fourth-order valence-corrected chi connectivity index (χ4v) is 6.77. The Kier molecular flexibility index (Phi) is 7.75. The highest BCUT2D eigenvalue weighted by Crippen LogP contribution is 2.37. The predicted octanol–water partition coefficient (Wildman–Crippen LogP) is 5.04. The minimum absolute atomic E-state index is 0.0561. The Morgan fingerprint density at radius 2 is 1.89 bits per heavy atom. The molecule has 2 unspecified atom stereocenters. The van der Waals surface area contributed by atoms with Gasteiger partial charge >= 0.3 is 0 Å². The average Bonchev–Trinajstić information content (AvgIpc) is 3.36. The summed E-state index contributed by atoms with van der Waals surface area (Å²) in [5.41, 5.74) is 2.01. The number of sulfone groups is 1. The van der Waals surface area contributed by atoms with Gasteiger partial charge in [0.2, 0.25) is 0 Å². The topological polar surface area (TPSA) is 80.8 Å². The van der Waals surface area contributed by atoms with E-state index in [4.69, 9.17) is 9.47 Å². The van der Waals surface area contributed by atoms with Gasteiger partial charge in [-0.2, -0.15) is 0 Å². The molecule has 2 bridgehead atoms. The number of morpholine rings is 1. The Morgan fingerprint density at radius 3 is 2.51 bits per heavy atom. The SMILES string of the molecule is CCc1cnc(Nc2ccc(S(C)(=O)=O)cc2F)c(C)c1OC1CC2COCC(C1)N2CC1CCCC1. The first-order valence-corrected chi connectivity index (χ1v) is 15.4. The van der Waals surface area contributed by atoms with E-state index in [9.17, 15) is 12.8 Å². The van der Waals surface area contributed by atoms with Crippen LogP contribution in [0.1, 0.15) is 56.6 Å². The van der Waals surface area contributed by atoms with Crippen LogP contribution in [-0.4, -0.2) is 62.5 Å². The molecule has 202 valence electrons. The molecule has 0 radical (unpaired) electrons. The maximum Gasteiger partial charge on any atom is 0.175 e. The summed E-state index contributed by atoms with van der Waals surface area (Å²) in [6.07, 6.45) is 11.0. The zero-order chi connectivity index (χ0) is 26.2. The van der Waals surface area contributed by atoms with Crippen LogP contribution in [-0.2, 0) is 21.0 Å². The highest BCUT2D eigenvalue weighted by Gasteiger charge is 2.41. The zero-order valence-electron chi connectivity index (χ0n) is 22.0. The average molecular weight is 532 g/mol. The summed E-state index contributed by atoms with van der Waals surface area (Å²) >= 11 is 0. The fourth-order valence-electron chi connectivity index (χ4n) is 6.14. The minimum atomic E-state index is -3.49. The van der Waals surface area contributed by atoms with Crippen molar-refractivity contribution in [2.75, 3.05) is 31.3 Å². The number of aromatic nitrogens is 1. The second-order valence-electron chi connectivity index (χ2n) is 10.9. The van der Waals surface area contributed by atoms with Crippen LogP contribution in [0.2, 0.25) is 0 Å². The van der Waals surface area contributed by atoms with E-state index in [0.29, 0.717) is 17.9 Å². The lowest BCUT2D eigenvalue weighted by molar-refractivity contribution is -0.104. The van der Waals surface area contributed by atoms with E-state index >= 15 is 0 Å². The third-order valence-corrected chi connectivity index (χ3v) is 9.31. The number of pyridine rings is 1. The Hall–Kier alpha value is -2.23. The molecule has 2 aromatic rings. The summed E-state index contributed by atoms with van der Waals surface area (Å²) in [6.45, 7) is 6.71. The molecule has 1 N–H and O–H groups in total. The van der Waals surface area contributed by atoms with Crippen molar-refractivity contribution in [1.29, 1.82) is 0 Å². The van der Waals surface area contributed by atoms with Gasteiger partial charge in [-0.15, -0.1) is 0 Å². The molecule has 5 rings (SSSR count). The van der Waals surface area contributed by atoms with Crippen molar-refractivity contribution in [2.24, 2.45) is 5.92 Å². The number of benzene rings is 1. The first-order valence-electron chi connectivity index (χ1n) is 13.5. The highest BCUT2D eigenvalue weighted by molar-refractivity contribution is 7.90. The molecule has 0 amide bonds. The summed E-state index contributed by atoms with van der Waals surface area (Å²) in [5, 5.41) is 3.05. The van der Waals surface area contributed by atoms with Gasteiger partial charge in [-0.05, 0) is 50.3 Å². The van der Waals surface area contributed by atoms with E-state index in [-0.39, 0.29) is 16.7 Å². The summed E-state index contributed by atoms with van der Waals surface area (Å²) in [7, 11) is -3.49. The molecule has 2 aliphatic heterocycles. The van der Waals surface area contributed by atoms with Crippen LogP contribution in [0.3, 0.4) is 0 Å². The number of piperidine rings is 1. The van der Waals surface area contributed by atoms with E-state index in [2.05, 4.69) is 22.1 Å². The molecule has 3 heterocycles. The summed E-state index contributed by atoms with van der Waals surface area (Å²) in [6, 6.07) is 4.62. The van der Waals surface area contributed by atoms with Crippen molar-refractivity contribution in [3.8, 4) is 5.75 Å². The van der Waals surface area contributed by atoms with Crippen molar-refractivity contribution < 1.29 is 22.3 Å². The van der Waals surface area contributed by atoms with Crippen LogP contribution in [0.25, 0.3) is 0 Å². The van der Waals surface area contributed by atoms with Gasteiger partial charge in [0.1, 0.15) is 23.5 Å². The molecule has 37 heavy (non-hydrogen) atoms. The maximum absolute atomic E-state index is 14.7. The predicted molar refractivity (Wildman–Crippen MR) is 142 cm³/mol. The van der Waals surface area contributed by atoms with Crippen LogP contribution < -0.4 is 10.1 Å². The third-order valence-electron chi connectivity index (χ3n) is 8.20. The van der Waals surface area contributed by atoms with Crippen LogP contribution >= 0.6 is 0 Å². The van der Waals surface area contributed by atoms with Gasteiger partial charge in [0.15, 0.2) is 9.84 Å². The second kappa shape index (κ2) is 10.9. The van der Waals surface area contributed by atoms with Crippen molar-refractivity contribution in [3.63, 3.8) is 0 Å². The Morgan fingerprint density at radius 1 is 1.19 bits per heavy atom. The lowest BCUT2D eigenvalue weighted by Gasteiger charge is -2.49. The van der Waals surface area contributed by atoms with Gasteiger partial charge in [-0.25, -0.2) is 17.8 Å². The number of hydrogen-bond acceptors (Lipinski definition) is 7. The Balaban J connectivity index is 1.33. The molecular weight excluding hydrogens is 493 g/mol. The molecule has 3 fully saturated rings. The van der Waals surface area contributed by atoms with Crippen molar-refractivity contribution in [3.05, 3.63) is 41.3 Å². The van der Waals surface area contributed by atoms with E-state index in [1.54, 1.807) is 6.20 Å². The lowest BCUT2D eigenvalue weighted by atomic mass is 9.90. The highest BCUT2D eigenvalue weighted by atomic mass is 32.2. The first kappa shape index (κ1) is 26.4. The molecule has 1 aromatic heterocycles. The van der Waals surface area contributed by atoms with E-state index in [1.807, 2.05) is 6.92 Å². The number of hydrogen-bond donors (Lipinski definition) is 1. The summed E-state index contributed by atoms with van der Waals surface area (Å²) in [4.78, 5) is 7.17. The van der Waals surface area contributed by atoms with Gasteiger partial charge in [0, 0.05) is 55.0 Å². The number of ether oxygens (including phenoxy) is 2. The summed E-state index contributed by atoms with van der Waals surface area (Å²) in [5.74, 6) is 1.48.